The largest absolute Gasteiger partial charge is 0.488 e. The van der Waals surface area contributed by atoms with Crippen molar-refractivity contribution < 1.29 is 27.0 Å². The summed E-state index contributed by atoms with van der Waals surface area (Å²) in [5.41, 5.74) is 3.40. The third-order valence-electron chi connectivity index (χ3n) is 5.39. The van der Waals surface area contributed by atoms with Crippen LogP contribution in [0.5, 0.6) is 5.75 Å². The molecule has 2 nitrogen and oxygen atoms in total. The summed E-state index contributed by atoms with van der Waals surface area (Å²) in [7, 11) is 0. The number of hydrogen-bond donors (Lipinski definition) is 0. The zero-order valence-corrected chi connectivity index (χ0v) is 18.0. The molecule has 1 aliphatic heterocycles. The average molecular weight is 454 g/mol. The molecular weight excluding hydrogens is 432 g/mol. The van der Waals surface area contributed by atoms with Crippen LogP contribution in [0.4, 0.5) is 17.6 Å². The number of rotatable bonds is 6. The smallest absolute Gasteiger partial charge is 0.416 e. The van der Waals surface area contributed by atoms with E-state index in [1.54, 1.807) is 24.3 Å². The Hall–Kier alpha value is -3.54. The predicted molar refractivity (Wildman–Crippen MR) is 119 cm³/mol. The minimum absolute atomic E-state index is 0.0616. The van der Waals surface area contributed by atoms with E-state index >= 15 is 0 Å². The van der Waals surface area contributed by atoms with Crippen LogP contribution in [-0.4, -0.2) is 0 Å². The lowest BCUT2D eigenvalue weighted by molar-refractivity contribution is -0.137. The van der Waals surface area contributed by atoms with Crippen molar-refractivity contribution in [3.05, 3.63) is 118 Å². The quantitative estimate of drug-likeness (QED) is 0.358. The van der Waals surface area contributed by atoms with Crippen molar-refractivity contribution in [1.82, 2.24) is 0 Å². The molecular formula is C27H22F4O2. The molecule has 0 amide bonds. The van der Waals surface area contributed by atoms with Gasteiger partial charge in [0, 0.05) is 12.0 Å². The molecule has 0 radical (unpaired) electrons. The van der Waals surface area contributed by atoms with Crippen LogP contribution in [0.25, 0.3) is 5.76 Å². The number of aryl methyl sites for hydroxylation is 1. The molecule has 6 heteroatoms. The minimum Gasteiger partial charge on any atom is -0.488 e. The molecule has 4 rings (SSSR count). The molecule has 0 spiro atoms. The number of halogens is 4. The van der Waals surface area contributed by atoms with Crippen molar-refractivity contribution in [3.63, 3.8) is 0 Å². The Kier molecular flexibility index (Phi) is 6.27. The average Bonchev–Trinajstić information content (AvgIpc) is 2.78. The van der Waals surface area contributed by atoms with Crippen molar-refractivity contribution in [3.8, 4) is 5.75 Å². The second-order valence-electron chi connectivity index (χ2n) is 7.95. The first-order chi connectivity index (χ1) is 15.7. The fourth-order valence-electron chi connectivity index (χ4n) is 3.75. The molecule has 0 bridgehead atoms. The molecule has 0 aliphatic carbocycles. The van der Waals surface area contributed by atoms with Crippen molar-refractivity contribution in [2.45, 2.75) is 32.8 Å². The first-order valence-electron chi connectivity index (χ1n) is 10.4. The van der Waals surface area contributed by atoms with Crippen LogP contribution in [-0.2, 0) is 30.6 Å². The lowest BCUT2D eigenvalue weighted by Gasteiger charge is -2.26. The van der Waals surface area contributed by atoms with E-state index in [0.29, 0.717) is 46.0 Å². The van der Waals surface area contributed by atoms with E-state index < -0.39 is 18.4 Å². The monoisotopic (exact) mass is 454 g/mol. The molecule has 33 heavy (non-hydrogen) atoms. The van der Waals surface area contributed by atoms with E-state index in [1.807, 2.05) is 31.2 Å². The number of benzene rings is 3. The fourth-order valence-corrected chi connectivity index (χ4v) is 3.75. The summed E-state index contributed by atoms with van der Waals surface area (Å²) >= 11 is 0. The highest BCUT2D eigenvalue weighted by Crippen LogP contribution is 2.40. The summed E-state index contributed by atoms with van der Waals surface area (Å²) in [4.78, 5) is 0. The third kappa shape index (κ3) is 5.11. The minimum atomic E-state index is -4.43. The number of hydrogen-bond acceptors (Lipinski definition) is 2. The van der Waals surface area contributed by atoms with Crippen molar-refractivity contribution >= 4 is 5.76 Å². The van der Waals surface area contributed by atoms with Crippen molar-refractivity contribution in [1.29, 1.82) is 0 Å². The van der Waals surface area contributed by atoms with E-state index in [2.05, 4.69) is 6.58 Å². The standard InChI is InChI=1S/C27H22F4O2/c1-17-9-10-23-25(11-17)33-18(2)24(14-19-5-3-6-20(12-19)15-28)26(23)32-16-21-7-4-8-22(13-21)27(29,30)31/h3-13H,2,14-16H2,1H3. The van der Waals surface area contributed by atoms with Gasteiger partial charge in [-0.25, -0.2) is 4.39 Å². The van der Waals surface area contributed by atoms with E-state index in [4.69, 9.17) is 9.47 Å². The Morgan fingerprint density at radius 1 is 0.909 bits per heavy atom. The molecule has 0 saturated carbocycles. The fraction of sp³-hybridized carbons (Fsp3) is 0.185. The Balaban J connectivity index is 1.72. The van der Waals surface area contributed by atoms with Crippen LogP contribution >= 0.6 is 0 Å². The maximum Gasteiger partial charge on any atom is 0.416 e. The molecule has 1 heterocycles. The summed E-state index contributed by atoms with van der Waals surface area (Å²) in [6, 6.07) is 17.8. The van der Waals surface area contributed by atoms with Gasteiger partial charge in [0.25, 0.3) is 0 Å². The summed E-state index contributed by atoms with van der Waals surface area (Å²) < 4.78 is 64.5. The van der Waals surface area contributed by atoms with E-state index in [0.717, 1.165) is 23.3 Å². The van der Waals surface area contributed by atoms with Gasteiger partial charge >= 0.3 is 6.18 Å². The van der Waals surface area contributed by atoms with Gasteiger partial charge < -0.3 is 9.47 Å². The van der Waals surface area contributed by atoms with Crippen LogP contribution in [0.1, 0.15) is 33.4 Å². The third-order valence-corrected chi connectivity index (χ3v) is 5.39. The number of fused-ring (bicyclic) bond motifs is 1. The zero-order valence-electron chi connectivity index (χ0n) is 18.0. The summed E-state index contributed by atoms with van der Waals surface area (Å²) in [6.07, 6.45) is -4.06. The van der Waals surface area contributed by atoms with Crippen molar-refractivity contribution in [2.75, 3.05) is 0 Å². The highest BCUT2D eigenvalue weighted by atomic mass is 19.4. The van der Waals surface area contributed by atoms with E-state index in [-0.39, 0.29) is 6.61 Å². The molecule has 0 aromatic heterocycles. The number of ether oxygens (including phenoxy) is 2. The predicted octanol–water partition coefficient (Wildman–Crippen LogP) is 7.56. The zero-order chi connectivity index (χ0) is 23.6. The Bertz CT molecular complexity index is 1220. The molecule has 0 saturated heterocycles. The second kappa shape index (κ2) is 9.14. The van der Waals surface area contributed by atoms with Gasteiger partial charge in [-0.1, -0.05) is 49.0 Å². The molecule has 0 atom stereocenters. The Morgan fingerprint density at radius 2 is 1.64 bits per heavy atom. The van der Waals surface area contributed by atoms with Gasteiger partial charge in [0.2, 0.25) is 0 Å². The maximum atomic E-state index is 13.1. The second-order valence-corrected chi connectivity index (χ2v) is 7.95. The molecule has 3 aromatic carbocycles. The van der Waals surface area contributed by atoms with Gasteiger partial charge in [0.15, 0.2) is 0 Å². The lowest BCUT2D eigenvalue weighted by Crippen LogP contribution is -2.13. The highest BCUT2D eigenvalue weighted by Gasteiger charge is 2.30. The molecule has 0 fully saturated rings. The van der Waals surface area contributed by atoms with E-state index in [1.165, 1.54) is 6.07 Å². The lowest BCUT2D eigenvalue weighted by atomic mass is 9.95. The van der Waals surface area contributed by atoms with Gasteiger partial charge in [-0.15, -0.1) is 0 Å². The topological polar surface area (TPSA) is 18.5 Å². The molecule has 3 aromatic rings. The van der Waals surface area contributed by atoms with Gasteiger partial charge in [-0.2, -0.15) is 13.2 Å². The summed E-state index contributed by atoms with van der Waals surface area (Å²) in [5.74, 6) is 1.45. The number of alkyl halides is 4. The maximum absolute atomic E-state index is 13.1. The summed E-state index contributed by atoms with van der Waals surface area (Å²) in [6.45, 7) is 5.32. The van der Waals surface area contributed by atoms with Crippen LogP contribution in [0.2, 0.25) is 0 Å². The van der Waals surface area contributed by atoms with Crippen LogP contribution < -0.4 is 4.74 Å². The highest BCUT2D eigenvalue weighted by molar-refractivity contribution is 5.75. The molecule has 170 valence electrons. The summed E-state index contributed by atoms with van der Waals surface area (Å²) in [5, 5.41) is 0. The SMILES string of the molecule is C=C1Oc2cc(C)ccc2C(OCc2cccc(C(F)(F)F)c2)=C1Cc1cccc(CF)c1. The number of allylic oxidation sites excluding steroid dienone is 1. The molecule has 1 aliphatic rings. The van der Waals surface area contributed by atoms with Gasteiger partial charge in [0.05, 0.1) is 11.1 Å². The normalized spacial score (nSPS) is 13.5. The Morgan fingerprint density at radius 3 is 2.39 bits per heavy atom. The molecule has 0 N–H and O–H groups in total. The first-order valence-corrected chi connectivity index (χ1v) is 10.4. The van der Waals surface area contributed by atoms with Crippen LogP contribution in [0.15, 0.2) is 84.6 Å². The van der Waals surface area contributed by atoms with Crippen LogP contribution in [0.3, 0.4) is 0 Å². The van der Waals surface area contributed by atoms with Gasteiger partial charge in [-0.05, 0) is 53.4 Å². The van der Waals surface area contributed by atoms with Gasteiger partial charge in [-0.3, -0.25) is 0 Å². The molecule has 0 unspecified atom stereocenters. The Labute approximate surface area is 189 Å². The van der Waals surface area contributed by atoms with Crippen molar-refractivity contribution in [2.24, 2.45) is 0 Å². The van der Waals surface area contributed by atoms with E-state index in [9.17, 15) is 17.6 Å². The first kappa shape index (κ1) is 22.6. The van der Waals surface area contributed by atoms with Crippen LogP contribution in [0, 0.1) is 6.92 Å². The van der Waals surface area contributed by atoms with Gasteiger partial charge in [0.1, 0.15) is 30.5 Å².